The fourth-order valence-corrected chi connectivity index (χ4v) is 5.76. The van der Waals surface area contributed by atoms with Crippen molar-refractivity contribution in [3.05, 3.63) is 32.6 Å². The highest BCUT2D eigenvalue weighted by molar-refractivity contribution is 8.00. The highest BCUT2D eigenvalue weighted by Crippen LogP contribution is 2.35. The monoisotopic (exact) mass is 432 g/mol. The summed E-state index contributed by atoms with van der Waals surface area (Å²) in [5.41, 5.74) is 1.73. The SMILES string of the molecule is Cc1cc(NC(=O)C(C)Sc2nc3sc(C)c(C)c3c(=O)n2C2CCCC2)on1. The van der Waals surface area contributed by atoms with Crippen LogP contribution < -0.4 is 10.9 Å². The second-order valence-corrected chi connectivity index (χ2v) is 10.1. The van der Waals surface area contributed by atoms with Gasteiger partial charge in [-0.05, 0) is 46.1 Å². The number of rotatable bonds is 5. The van der Waals surface area contributed by atoms with Crippen LogP contribution in [0, 0.1) is 20.8 Å². The van der Waals surface area contributed by atoms with Gasteiger partial charge >= 0.3 is 0 Å². The molecule has 9 heteroatoms. The molecule has 1 amide bonds. The lowest BCUT2D eigenvalue weighted by Gasteiger charge is -2.19. The van der Waals surface area contributed by atoms with Gasteiger partial charge in [0.1, 0.15) is 4.83 Å². The van der Waals surface area contributed by atoms with Crippen LogP contribution in [0.3, 0.4) is 0 Å². The van der Waals surface area contributed by atoms with Gasteiger partial charge in [0.05, 0.1) is 16.3 Å². The fourth-order valence-electron chi connectivity index (χ4n) is 3.71. The van der Waals surface area contributed by atoms with Crippen LogP contribution in [-0.2, 0) is 4.79 Å². The Kier molecular flexibility index (Phi) is 5.52. The topological polar surface area (TPSA) is 90.0 Å². The van der Waals surface area contributed by atoms with Crippen molar-refractivity contribution >= 4 is 45.1 Å². The molecule has 3 heterocycles. The van der Waals surface area contributed by atoms with E-state index >= 15 is 0 Å². The lowest BCUT2D eigenvalue weighted by molar-refractivity contribution is -0.115. The summed E-state index contributed by atoms with van der Waals surface area (Å²) in [4.78, 5) is 32.7. The molecule has 1 aliphatic carbocycles. The maximum Gasteiger partial charge on any atom is 0.263 e. The number of aryl methyl sites for hydroxylation is 3. The smallest absolute Gasteiger partial charge is 0.263 e. The van der Waals surface area contributed by atoms with Crippen molar-refractivity contribution in [3.63, 3.8) is 0 Å². The van der Waals surface area contributed by atoms with Crippen LogP contribution in [0.1, 0.15) is 54.8 Å². The Balaban J connectivity index is 1.69. The minimum absolute atomic E-state index is 0.0183. The van der Waals surface area contributed by atoms with E-state index in [-0.39, 0.29) is 17.5 Å². The summed E-state index contributed by atoms with van der Waals surface area (Å²) in [7, 11) is 0. The van der Waals surface area contributed by atoms with E-state index in [4.69, 9.17) is 9.51 Å². The van der Waals surface area contributed by atoms with Crippen molar-refractivity contribution in [3.8, 4) is 0 Å². The highest BCUT2D eigenvalue weighted by Gasteiger charge is 2.27. The van der Waals surface area contributed by atoms with Gasteiger partial charge in [0.2, 0.25) is 11.8 Å². The largest absolute Gasteiger partial charge is 0.338 e. The van der Waals surface area contributed by atoms with Crippen molar-refractivity contribution in [2.75, 3.05) is 5.32 Å². The summed E-state index contributed by atoms with van der Waals surface area (Å²) in [6.45, 7) is 7.60. The molecule has 29 heavy (non-hydrogen) atoms. The number of carbonyl (C=O) groups excluding carboxylic acids is 1. The van der Waals surface area contributed by atoms with E-state index in [1.807, 2.05) is 25.3 Å². The van der Waals surface area contributed by atoms with Gasteiger partial charge in [-0.15, -0.1) is 11.3 Å². The van der Waals surface area contributed by atoms with Gasteiger partial charge in [-0.2, -0.15) is 0 Å². The summed E-state index contributed by atoms with van der Waals surface area (Å²) in [6, 6.07) is 1.82. The molecule has 1 aliphatic rings. The number of anilines is 1. The van der Waals surface area contributed by atoms with E-state index in [0.717, 1.165) is 46.3 Å². The zero-order chi connectivity index (χ0) is 20.7. The predicted octanol–water partition coefficient (Wildman–Crippen LogP) is 4.61. The molecule has 1 atom stereocenters. The van der Waals surface area contributed by atoms with E-state index in [2.05, 4.69) is 10.5 Å². The first-order chi connectivity index (χ1) is 13.8. The molecular formula is C20H24N4O3S2. The summed E-state index contributed by atoms with van der Waals surface area (Å²) < 4.78 is 6.91. The van der Waals surface area contributed by atoms with Gasteiger partial charge in [-0.1, -0.05) is 29.8 Å². The minimum Gasteiger partial charge on any atom is -0.338 e. The third kappa shape index (κ3) is 3.85. The van der Waals surface area contributed by atoms with Crippen molar-refractivity contribution in [1.29, 1.82) is 0 Å². The third-order valence-electron chi connectivity index (χ3n) is 5.42. The van der Waals surface area contributed by atoms with Crippen LogP contribution in [0.2, 0.25) is 0 Å². The molecule has 7 nitrogen and oxygen atoms in total. The Morgan fingerprint density at radius 3 is 2.72 bits per heavy atom. The molecule has 0 aromatic carbocycles. The number of aromatic nitrogens is 3. The van der Waals surface area contributed by atoms with Gasteiger partial charge in [-0.25, -0.2) is 4.98 Å². The van der Waals surface area contributed by atoms with Gasteiger partial charge in [0.25, 0.3) is 5.56 Å². The number of fused-ring (bicyclic) bond motifs is 1. The van der Waals surface area contributed by atoms with Crippen LogP contribution >= 0.6 is 23.1 Å². The summed E-state index contributed by atoms with van der Waals surface area (Å²) in [5, 5.41) is 7.41. The number of amides is 1. The van der Waals surface area contributed by atoms with Crippen LogP contribution in [0.4, 0.5) is 5.88 Å². The number of carbonyl (C=O) groups is 1. The molecular weight excluding hydrogens is 408 g/mol. The number of nitrogens with one attached hydrogen (secondary N) is 1. The molecule has 0 bridgehead atoms. The normalized spacial score (nSPS) is 15.9. The van der Waals surface area contributed by atoms with E-state index < -0.39 is 5.25 Å². The number of nitrogens with zero attached hydrogens (tertiary/aromatic N) is 3. The molecule has 1 unspecified atom stereocenters. The molecule has 1 N–H and O–H groups in total. The molecule has 0 radical (unpaired) electrons. The zero-order valence-electron chi connectivity index (χ0n) is 16.9. The predicted molar refractivity (Wildman–Crippen MR) is 116 cm³/mol. The first-order valence-corrected chi connectivity index (χ1v) is 11.5. The van der Waals surface area contributed by atoms with Crippen molar-refractivity contribution in [1.82, 2.24) is 14.7 Å². The summed E-state index contributed by atoms with van der Waals surface area (Å²) in [6.07, 6.45) is 4.17. The lowest BCUT2D eigenvalue weighted by Crippen LogP contribution is -2.28. The molecule has 3 aromatic heterocycles. The highest BCUT2D eigenvalue weighted by atomic mass is 32.2. The molecule has 154 valence electrons. The maximum absolute atomic E-state index is 13.4. The Labute approximate surface area is 176 Å². The van der Waals surface area contributed by atoms with E-state index in [9.17, 15) is 9.59 Å². The van der Waals surface area contributed by atoms with E-state index in [0.29, 0.717) is 16.7 Å². The molecule has 4 rings (SSSR count). The number of thiophene rings is 1. The molecule has 1 saturated carbocycles. The third-order valence-corrected chi connectivity index (χ3v) is 7.59. The minimum atomic E-state index is -0.445. The van der Waals surface area contributed by atoms with Gasteiger partial charge in [0.15, 0.2) is 5.16 Å². The van der Waals surface area contributed by atoms with Crippen molar-refractivity contribution < 1.29 is 9.32 Å². The molecule has 0 saturated heterocycles. The standard InChI is InChI=1S/C20H24N4O3S2/c1-10-9-15(27-23-10)21-17(25)13(4)29-20-22-18-16(11(2)12(3)28-18)19(26)24(20)14-7-5-6-8-14/h9,13-14H,5-8H2,1-4H3,(H,21,25). The maximum atomic E-state index is 13.4. The molecule has 3 aromatic rings. The summed E-state index contributed by atoms with van der Waals surface area (Å²) >= 11 is 2.86. The Morgan fingerprint density at radius 2 is 2.07 bits per heavy atom. The van der Waals surface area contributed by atoms with E-state index in [1.54, 1.807) is 13.0 Å². The van der Waals surface area contributed by atoms with Crippen molar-refractivity contribution in [2.45, 2.75) is 69.8 Å². The molecule has 1 fully saturated rings. The van der Waals surface area contributed by atoms with Crippen molar-refractivity contribution in [2.24, 2.45) is 0 Å². The zero-order valence-corrected chi connectivity index (χ0v) is 18.6. The molecule has 0 aliphatic heterocycles. The van der Waals surface area contributed by atoms with Crippen LogP contribution in [-0.4, -0.2) is 25.9 Å². The first-order valence-electron chi connectivity index (χ1n) is 9.78. The van der Waals surface area contributed by atoms with E-state index in [1.165, 1.54) is 23.1 Å². The summed E-state index contributed by atoms with van der Waals surface area (Å²) in [5.74, 6) is 0.109. The molecule has 0 spiro atoms. The average molecular weight is 433 g/mol. The van der Waals surface area contributed by atoms with Crippen LogP contribution in [0.15, 0.2) is 20.5 Å². The fraction of sp³-hybridized carbons (Fsp3) is 0.500. The number of thioether (sulfide) groups is 1. The second kappa shape index (κ2) is 7.95. The number of hydrogen-bond donors (Lipinski definition) is 1. The average Bonchev–Trinajstić information content (AvgIpc) is 3.38. The van der Waals surface area contributed by atoms with Crippen LogP contribution in [0.25, 0.3) is 10.2 Å². The van der Waals surface area contributed by atoms with Gasteiger partial charge in [0, 0.05) is 17.0 Å². The quantitative estimate of drug-likeness (QED) is 0.468. The first kappa shape index (κ1) is 20.2. The van der Waals surface area contributed by atoms with Gasteiger partial charge < -0.3 is 4.52 Å². The lowest BCUT2D eigenvalue weighted by atomic mass is 10.2. The Morgan fingerprint density at radius 1 is 1.34 bits per heavy atom. The second-order valence-electron chi connectivity index (χ2n) is 7.55. The van der Waals surface area contributed by atoms with Gasteiger partial charge in [-0.3, -0.25) is 19.5 Å². The Hall–Kier alpha value is -2.13. The van der Waals surface area contributed by atoms with Crippen LogP contribution in [0.5, 0.6) is 0 Å². The number of hydrogen-bond acceptors (Lipinski definition) is 7. The Bertz CT molecular complexity index is 1120.